The van der Waals surface area contributed by atoms with Gasteiger partial charge >= 0.3 is 0 Å². The number of hydrogen-bond acceptors (Lipinski definition) is 3. The fourth-order valence-electron chi connectivity index (χ4n) is 1.34. The number of nitrogens with one attached hydrogen (secondary N) is 1. The molecule has 98 valence electrons. The summed E-state index contributed by atoms with van der Waals surface area (Å²) >= 11 is 0. The molecule has 0 spiro atoms. The van der Waals surface area contributed by atoms with E-state index in [1.54, 1.807) is 6.21 Å². The molecule has 0 atom stereocenters. The third-order valence-corrected chi connectivity index (χ3v) is 1.99. The van der Waals surface area contributed by atoms with E-state index in [1.165, 1.54) is 0 Å². The van der Waals surface area contributed by atoms with E-state index < -0.39 is 0 Å². The Bertz CT molecular complexity index is 440. The number of ether oxygens (including phenoxy) is 2. The van der Waals surface area contributed by atoms with Crippen LogP contribution in [0, 0.1) is 0 Å². The fourth-order valence-corrected chi connectivity index (χ4v) is 1.34. The predicted octanol–water partition coefficient (Wildman–Crippen LogP) is -0.828. The lowest BCUT2D eigenvalue weighted by atomic mass is 10.2. The van der Waals surface area contributed by atoms with Crippen molar-refractivity contribution in [2.75, 3.05) is 13.2 Å². The molecule has 1 rings (SSSR count). The van der Waals surface area contributed by atoms with Gasteiger partial charge in [-0.3, -0.25) is 0 Å². The molecule has 0 bridgehead atoms. The van der Waals surface area contributed by atoms with Gasteiger partial charge in [0.1, 0.15) is 0 Å². The summed E-state index contributed by atoms with van der Waals surface area (Å²) < 4.78 is 11.0. The second kappa shape index (κ2) is 7.16. The smallest absolute Gasteiger partial charge is 0.256 e. The second-order valence-electron chi connectivity index (χ2n) is 3.38. The number of rotatable bonds is 6. The molecule has 0 aliphatic rings. The van der Waals surface area contributed by atoms with E-state index in [9.17, 15) is 0 Å². The first-order valence-electron chi connectivity index (χ1n) is 5.74. The van der Waals surface area contributed by atoms with Crippen LogP contribution in [0.15, 0.2) is 23.3 Å². The molecule has 0 heterocycles. The molecular weight excluding hydrogens is 232 g/mol. The summed E-state index contributed by atoms with van der Waals surface area (Å²) in [5.74, 6) is 1.39. The molecule has 5 N–H and O–H groups in total. The Balaban J connectivity index is 2.91. The van der Waals surface area contributed by atoms with Crippen molar-refractivity contribution in [3.8, 4) is 11.5 Å². The van der Waals surface area contributed by atoms with Gasteiger partial charge in [0, 0.05) is 10.7 Å². The minimum Gasteiger partial charge on any atom is -0.490 e. The summed E-state index contributed by atoms with van der Waals surface area (Å²) in [6.45, 7) is 5.01. The molecule has 0 aromatic heterocycles. The van der Waals surface area contributed by atoms with Crippen molar-refractivity contribution < 1.29 is 14.6 Å². The van der Waals surface area contributed by atoms with Crippen LogP contribution in [0.4, 0.5) is 0 Å². The number of nitrogens with zero attached hydrogens (tertiary/aromatic N) is 1. The van der Waals surface area contributed by atoms with Crippen molar-refractivity contribution >= 4 is 12.2 Å². The van der Waals surface area contributed by atoms with Crippen molar-refractivity contribution in [1.29, 1.82) is 0 Å². The lowest BCUT2D eigenvalue weighted by Crippen LogP contribution is -2.63. The van der Waals surface area contributed by atoms with E-state index in [2.05, 4.69) is 10.2 Å². The van der Waals surface area contributed by atoms with Crippen LogP contribution in [0.2, 0.25) is 0 Å². The minimum atomic E-state index is -0.0257. The highest BCUT2D eigenvalue weighted by molar-refractivity contribution is 5.78. The van der Waals surface area contributed by atoms with Crippen LogP contribution >= 0.6 is 0 Å². The van der Waals surface area contributed by atoms with Gasteiger partial charge < -0.3 is 20.9 Å². The molecule has 0 unspecified atom stereocenters. The highest BCUT2D eigenvalue weighted by Crippen LogP contribution is 2.27. The van der Waals surface area contributed by atoms with Crippen molar-refractivity contribution in [3.05, 3.63) is 23.8 Å². The van der Waals surface area contributed by atoms with Gasteiger partial charge in [0.25, 0.3) is 5.96 Å². The van der Waals surface area contributed by atoms with Crippen molar-refractivity contribution in [1.82, 2.24) is 0 Å². The van der Waals surface area contributed by atoms with Crippen LogP contribution < -0.4 is 26.0 Å². The molecule has 0 radical (unpaired) electrons. The Kier molecular flexibility index (Phi) is 5.50. The standard InChI is InChI=1S/C12H18N4O2/c1-3-17-10-6-5-9(7-11(10)18-4-2)8-15-16-12(13)14/h5-8H,3-4H2,1-2H3,(H4,13,14,16)/p+1/b15-8-. The van der Waals surface area contributed by atoms with Crippen molar-refractivity contribution in [2.24, 2.45) is 16.6 Å². The number of nitrogens with two attached hydrogens (primary N) is 2. The third kappa shape index (κ3) is 4.32. The Hall–Kier alpha value is -2.24. The third-order valence-electron chi connectivity index (χ3n) is 1.99. The first kappa shape index (κ1) is 13.8. The van der Waals surface area contributed by atoms with Gasteiger partial charge in [-0.15, -0.1) is 5.10 Å². The SMILES string of the molecule is CCOc1ccc(/C=[NH+]\N=C(N)N)cc1OCC. The largest absolute Gasteiger partial charge is 0.490 e. The van der Waals surface area contributed by atoms with E-state index in [0.717, 1.165) is 11.3 Å². The maximum Gasteiger partial charge on any atom is 0.256 e. The van der Waals surface area contributed by atoms with Gasteiger partial charge in [-0.05, 0) is 32.0 Å². The van der Waals surface area contributed by atoms with E-state index in [-0.39, 0.29) is 5.96 Å². The lowest BCUT2D eigenvalue weighted by molar-refractivity contribution is -0.456. The van der Waals surface area contributed by atoms with E-state index >= 15 is 0 Å². The zero-order valence-corrected chi connectivity index (χ0v) is 10.6. The van der Waals surface area contributed by atoms with E-state index in [4.69, 9.17) is 20.9 Å². The molecule has 0 amide bonds. The van der Waals surface area contributed by atoms with Gasteiger partial charge in [0.2, 0.25) is 6.21 Å². The van der Waals surface area contributed by atoms with Crippen LogP contribution in [0.25, 0.3) is 0 Å². The van der Waals surface area contributed by atoms with Crippen LogP contribution in [-0.2, 0) is 0 Å². The van der Waals surface area contributed by atoms with Crippen LogP contribution in [0.5, 0.6) is 11.5 Å². The summed E-state index contributed by atoms with van der Waals surface area (Å²) in [6, 6.07) is 5.57. The molecule has 0 aliphatic carbocycles. The monoisotopic (exact) mass is 251 g/mol. The van der Waals surface area contributed by atoms with Gasteiger partial charge in [0.05, 0.1) is 13.2 Å². The molecule has 1 aromatic rings. The van der Waals surface area contributed by atoms with Gasteiger partial charge in [-0.25, -0.2) is 0 Å². The summed E-state index contributed by atoms with van der Waals surface area (Å²) in [5.41, 5.74) is 11.3. The summed E-state index contributed by atoms with van der Waals surface area (Å²) in [4.78, 5) is 0. The van der Waals surface area contributed by atoms with Crippen LogP contribution in [-0.4, -0.2) is 25.4 Å². The Morgan fingerprint density at radius 3 is 2.50 bits per heavy atom. The highest BCUT2D eigenvalue weighted by atomic mass is 16.5. The molecule has 0 aliphatic heterocycles. The topological polar surface area (TPSA) is 96.8 Å². The van der Waals surface area contributed by atoms with Crippen LogP contribution in [0.3, 0.4) is 0 Å². The minimum absolute atomic E-state index is 0.0257. The Morgan fingerprint density at radius 2 is 1.89 bits per heavy atom. The molecular formula is C12H19N4O2+. The van der Waals surface area contributed by atoms with Crippen molar-refractivity contribution in [3.63, 3.8) is 0 Å². The summed E-state index contributed by atoms with van der Waals surface area (Å²) in [5, 5.41) is 6.29. The highest BCUT2D eigenvalue weighted by Gasteiger charge is 2.06. The normalized spacial score (nSPS) is 10.3. The molecule has 18 heavy (non-hydrogen) atoms. The molecule has 6 nitrogen and oxygen atoms in total. The van der Waals surface area contributed by atoms with E-state index in [0.29, 0.717) is 19.0 Å². The average molecular weight is 251 g/mol. The molecule has 0 fully saturated rings. The molecule has 1 aromatic carbocycles. The zero-order chi connectivity index (χ0) is 13.4. The average Bonchev–Trinajstić information content (AvgIpc) is 2.32. The number of guanidine groups is 1. The lowest BCUT2D eigenvalue weighted by Gasteiger charge is -2.10. The molecule has 6 heteroatoms. The van der Waals surface area contributed by atoms with Gasteiger partial charge in [-0.1, -0.05) is 0 Å². The number of hydrogen-bond donors (Lipinski definition) is 3. The van der Waals surface area contributed by atoms with Gasteiger partial charge in [0.15, 0.2) is 11.5 Å². The number of hydrazone groups is 1. The summed E-state index contributed by atoms with van der Waals surface area (Å²) in [6.07, 6.45) is 1.66. The predicted molar refractivity (Wildman–Crippen MR) is 70.7 cm³/mol. The molecule has 0 saturated heterocycles. The maximum atomic E-state index is 5.50. The first-order chi connectivity index (χ1) is 8.67. The van der Waals surface area contributed by atoms with Crippen LogP contribution in [0.1, 0.15) is 19.4 Å². The second-order valence-corrected chi connectivity index (χ2v) is 3.38. The first-order valence-corrected chi connectivity index (χ1v) is 5.74. The van der Waals surface area contributed by atoms with Crippen molar-refractivity contribution in [2.45, 2.75) is 13.8 Å². The summed E-state index contributed by atoms with van der Waals surface area (Å²) in [7, 11) is 0. The number of benzene rings is 1. The molecule has 0 saturated carbocycles. The van der Waals surface area contributed by atoms with E-state index in [1.807, 2.05) is 32.0 Å². The maximum absolute atomic E-state index is 5.50. The quantitative estimate of drug-likeness (QED) is 0.349. The Labute approximate surface area is 106 Å². The zero-order valence-electron chi connectivity index (χ0n) is 10.6. The fraction of sp³-hybridized carbons (Fsp3) is 0.333. The Morgan fingerprint density at radius 1 is 1.22 bits per heavy atom. The van der Waals surface area contributed by atoms with Gasteiger partial charge in [-0.2, -0.15) is 0 Å².